The summed E-state index contributed by atoms with van der Waals surface area (Å²) in [4.78, 5) is 13.4. The first kappa shape index (κ1) is 13.6. The third-order valence-corrected chi connectivity index (χ3v) is 3.73. The molecule has 8 nitrogen and oxygen atoms in total. The molecular weight excluding hydrogens is 292 g/mol. The van der Waals surface area contributed by atoms with Crippen molar-refractivity contribution in [2.45, 2.75) is 26.9 Å². The van der Waals surface area contributed by atoms with Crippen LogP contribution in [0.2, 0.25) is 0 Å². The third-order valence-electron chi connectivity index (χ3n) is 3.73. The maximum atomic E-state index is 4.66. The van der Waals surface area contributed by atoms with Gasteiger partial charge in [-0.1, -0.05) is 0 Å². The quantitative estimate of drug-likeness (QED) is 0.575. The summed E-state index contributed by atoms with van der Waals surface area (Å²) in [5.41, 5.74) is 3.34. The van der Waals surface area contributed by atoms with E-state index in [-0.39, 0.29) is 0 Å². The molecule has 0 aliphatic carbocycles. The number of hydrogen-bond donors (Lipinski definition) is 0. The summed E-state index contributed by atoms with van der Waals surface area (Å²) in [5, 5.41) is 8.58. The minimum Gasteiger partial charge on any atom is -0.280 e. The van der Waals surface area contributed by atoms with E-state index in [2.05, 4.69) is 32.1 Å². The van der Waals surface area contributed by atoms with Gasteiger partial charge in [0.15, 0.2) is 11.5 Å². The Labute approximate surface area is 132 Å². The van der Waals surface area contributed by atoms with Crippen LogP contribution in [0.15, 0.2) is 37.3 Å². The molecule has 0 amide bonds. The second kappa shape index (κ2) is 5.31. The van der Waals surface area contributed by atoms with Gasteiger partial charge in [-0.05, 0) is 13.8 Å². The zero-order chi connectivity index (χ0) is 15.8. The molecule has 0 saturated carbocycles. The fraction of sp³-hybridized carbons (Fsp3) is 0.267. The van der Waals surface area contributed by atoms with Gasteiger partial charge in [-0.25, -0.2) is 15.0 Å². The van der Waals surface area contributed by atoms with E-state index < -0.39 is 0 Å². The summed E-state index contributed by atoms with van der Waals surface area (Å²) in [6.07, 6.45) is 11.0. The predicted octanol–water partition coefficient (Wildman–Crippen LogP) is 1.92. The minimum absolute atomic E-state index is 0.641. The van der Waals surface area contributed by atoms with E-state index in [1.165, 1.54) is 0 Å². The molecule has 0 aliphatic rings. The molecule has 0 saturated heterocycles. The lowest BCUT2D eigenvalue weighted by atomic mass is 10.3. The zero-order valence-electron chi connectivity index (χ0n) is 13.0. The van der Waals surface area contributed by atoms with Crippen LogP contribution in [0.4, 0.5) is 0 Å². The summed E-state index contributed by atoms with van der Waals surface area (Å²) in [6, 6.07) is 0. The molecule has 8 heteroatoms. The Kier molecular flexibility index (Phi) is 3.14. The van der Waals surface area contributed by atoms with Crippen LogP contribution >= 0.6 is 0 Å². The molecule has 0 bridgehead atoms. The summed E-state index contributed by atoms with van der Waals surface area (Å²) in [6.45, 7) is 5.73. The van der Waals surface area contributed by atoms with Gasteiger partial charge in [0, 0.05) is 25.5 Å². The van der Waals surface area contributed by atoms with Crippen LogP contribution in [-0.4, -0.2) is 39.1 Å². The number of aryl methyl sites for hydroxylation is 2. The molecule has 4 aromatic heterocycles. The predicted molar refractivity (Wildman–Crippen MR) is 85.0 cm³/mol. The molecule has 0 aromatic carbocycles. The normalized spacial score (nSPS) is 11.4. The molecule has 0 fully saturated rings. The smallest absolute Gasteiger partial charge is 0.168 e. The lowest BCUT2D eigenvalue weighted by Crippen LogP contribution is -1.96. The first-order valence-electron chi connectivity index (χ1n) is 7.54. The number of aromatic nitrogens is 8. The van der Waals surface area contributed by atoms with Gasteiger partial charge in [-0.15, -0.1) is 0 Å². The van der Waals surface area contributed by atoms with E-state index in [4.69, 9.17) is 0 Å². The monoisotopic (exact) mass is 308 g/mol. The van der Waals surface area contributed by atoms with Gasteiger partial charge >= 0.3 is 0 Å². The van der Waals surface area contributed by atoms with Crippen molar-refractivity contribution in [1.29, 1.82) is 0 Å². The highest BCUT2D eigenvalue weighted by atomic mass is 15.3. The standard InChI is InChI=1S/C15H16N8/c1-3-21-8-11(5-18-21)14-16-7-13-15(20-14)23(10-17-13)12-6-19-22(4-2)9-12/h5-10H,3-4H2,1-2H3. The van der Waals surface area contributed by atoms with Gasteiger partial charge in [0.2, 0.25) is 0 Å². The van der Waals surface area contributed by atoms with Crippen molar-refractivity contribution >= 4 is 11.2 Å². The maximum absolute atomic E-state index is 4.66. The molecule has 0 radical (unpaired) electrons. The van der Waals surface area contributed by atoms with Crippen molar-refractivity contribution in [3.63, 3.8) is 0 Å². The minimum atomic E-state index is 0.641. The summed E-state index contributed by atoms with van der Waals surface area (Å²) in [7, 11) is 0. The largest absolute Gasteiger partial charge is 0.280 e. The first-order valence-corrected chi connectivity index (χ1v) is 7.54. The van der Waals surface area contributed by atoms with Crippen LogP contribution in [0.5, 0.6) is 0 Å². The van der Waals surface area contributed by atoms with Gasteiger partial charge in [0.05, 0.1) is 29.8 Å². The highest BCUT2D eigenvalue weighted by Crippen LogP contribution is 2.19. The van der Waals surface area contributed by atoms with Crippen LogP contribution in [0, 0.1) is 0 Å². The van der Waals surface area contributed by atoms with E-state index in [1.54, 1.807) is 18.7 Å². The summed E-state index contributed by atoms with van der Waals surface area (Å²) < 4.78 is 5.64. The molecule has 0 N–H and O–H groups in total. The van der Waals surface area contributed by atoms with E-state index in [0.29, 0.717) is 5.82 Å². The second-order valence-corrected chi connectivity index (χ2v) is 5.16. The Morgan fingerprint density at radius 2 is 1.70 bits per heavy atom. The lowest BCUT2D eigenvalue weighted by Gasteiger charge is -2.01. The SMILES string of the molecule is CCn1cc(-c2ncc3ncn(-c4cnn(CC)c4)c3n2)cn1. The third kappa shape index (κ3) is 2.28. The number of hydrogen-bond acceptors (Lipinski definition) is 5. The average Bonchev–Trinajstić information content (AvgIpc) is 3.31. The van der Waals surface area contributed by atoms with E-state index >= 15 is 0 Å². The highest BCUT2D eigenvalue weighted by molar-refractivity contribution is 5.74. The van der Waals surface area contributed by atoms with Crippen LogP contribution in [0.25, 0.3) is 28.2 Å². The van der Waals surface area contributed by atoms with Gasteiger partial charge in [0.25, 0.3) is 0 Å². The Hall–Kier alpha value is -3.03. The van der Waals surface area contributed by atoms with Gasteiger partial charge in [0.1, 0.15) is 11.8 Å². The Balaban J connectivity index is 1.82. The maximum Gasteiger partial charge on any atom is 0.168 e. The molecule has 116 valence electrons. The molecular formula is C15H16N8. The van der Waals surface area contributed by atoms with Crippen LogP contribution < -0.4 is 0 Å². The second-order valence-electron chi connectivity index (χ2n) is 5.16. The highest BCUT2D eigenvalue weighted by Gasteiger charge is 2.12. The number of rotatable bonds is 4. The Bertz CT molecular complexity index is 961. The Morgan fingerprint density at radius 1 is 0.913 bits per heavy atom. The van der Waals surface area contributed by atoms with E-state index in [1.807, 2.05) is 39.4 Å². The lowest BCUT2D eigenvalue weighted by molar-refractivity contribution is 0.659. The Morgan fingerprint density at radius 3 is 2.43 bits per heavy atom. The van der Waals surface area contributed by atoms with Crippen molar-refractivity contribution in [3.8, 4) is 17.1 Å². The first-order chi connectivity index (χ1) is 11.3. The average molecular weight is 308 g/mol. The molecule has 4 aromatic rings. The van der Waals surface area contributed by atoms with Gasteiger partial charge < -0.3 is 0 Å². The molecule has 4 rings (SSSR count). The van der Waals surface area contributed by atoms with E-state index in [9.17, 15) is 0 Å². The van der Waals surface area contributed by atoms with Crippen molar-refractivity contribution in [1.82, 2.24) is 39.1 Å². The van der Waals surface area contributed by atoms with Crippen LogP contribution in [0.3, 0.4) is 0 Å². The molecule has 0 aliphatic heterocycles. The number of imidazole rings is 1. The van der Waals surface area contributed by atoms with Crippen molar-refractivity contribution < 1.29 is 0 Å². The van der Waals surface area contributed by atoms with Crippen LogP contribution in [0.1, 0.15) is 13.8 Å². The zero-order valence-corrected chi connectivity index (χ0v) is 13.0. The molecule has 23 heavy (non-hydrogen) atoms. The van der Waals surface area contributed by atoms with Crippen molar-refractivity contribution in [3.05, 3.63) is 37.3 Å². The molecule has 0 atom stereocenters. The van der Waals surface area contributed by atoms with Crippen LogP contribution in [-0.2, 0) is 13.1 Å². The van der Waals surface area contributed by atoms with Crippen molar-refractivity contribution in [2.75, 3.05) is 0 Å². The van der Waals surface area contributed by atoms with Gasteiger partial charge in [-0.2, -0.15) is 10.2 Å². The fourth-order valence-electron chi connectivity index (χ4n) is 2.44. The number of fused-ring (bicyclic) bond motifs is 1. The fourth-order valence-corrected chi connectivity index (χ4v) is 2.44. The molecule has 0 spiro atoms. The van der Waals surface area contributed by atoms with E-state index in [0.717, 1.165) is 35.5 Å². The summed E-state index contributed by atoms with van der Waals surface area (Å²) in [5.74, 6) is 0.641. The van der Waals surface area contributed by atoms with Gasteiger partial charge in [-0.3, -0.25) is 13.9 Å². The summed E-state index contributed by atoms with van der Waals surface area (Å²) >= 11 is 0. The van der Waals surface area contributed by atoms with Crippen molar-refractivity contribution in [2.24, 2.45) is 0 Å². The topological polar surface area (TPSA) is 79.2 Å². The molecule has 0 unspecified atom stereocenters. The number of nitrogens with zero attached hydrogens (tertiary/aromatic N) is 8. The molecule has 4 heterocycles.